The molecule has 132 valence electrons. The highest BCUT2D eigenvalue weighted by atomic mass is 16.6. The van der Waals surface area contributed by atoms with Crippen molar-refractivity contribution >= 4 is 22.6 Å². The third-order valence-corrected chi connectivity index (χ3v) is 3.60. The van der Waals surface area contributed by atoms with E-state index in [1.165, 1.54) is 18.2 Å². The Morgan fingerprint density at radius 3 is 2.58 bits per heavy atom. The first-order chi connectivity index (χ1) is 12.5. The maximum Gasteiger partial charge on any atom is 0.336 e. The van der Waals surface area contributed by atoms with Gasteiger partial charge in [-0.1, -0.05) is 12.1 Å². The normalized spacial score (nSPS) is 10.5. The van der Waals surface area contributed by atoms with Crippen LogP contribution in [0.1, 0.15) is 5.56 Å². The number of fused-ring (bicyclic) bond motifs is 1. The van der Waals surface area contributed by atoms with Crippen molar-refractivity contribution in [3.05, 3.63) is 80.7 Å². The third-order valence-electron chi connectivity index (χ3n) is 3.60. The summed E-state index contributed by atoms with van der Waals surface area (Å²) in [7, 11) is 0. The van der Waals surface area contributed by atoms with Crippen molar-refractivity contribution in [2.45, 2.75) is 6.54 Å². The second-order valence-corrected chi connectivity index (χ2v) is 5.44. The highest BCUT2D eigenvalue weighted by Crippen LogP contribution is 2.19. The van der Waals surface area contributed by atoms with E-state index in [9.17, 15) is 19.7 Å². The fourth-order valence-corrected chi connectivity index (χ4v) is 2.27. The van der Waals surface area contributed by atoms with Crippen LogP contribution in [0.25, 0.3) is 11.0 Å². The largest absolute Gasteiger partial charge is 0.484 e. The van der Waals surface area contributed by atoms with E-state index in [1.54, 1.807) is 36.4 Å². The van der Waals surface area contributed by atoms with Crippen molar-refractivity contribution in [3.8, 4) is 5.75 Å². The van der Waals surface area contributed by atoms with Crippen molar-refractivity contribution in [3.63, 3.8) is 0 Å². The molecule has 8 nitrogen and oxygen atoms in total. The molecule has 0 aliphatic rings. The van der Waals surface area contributed by atoms with Crippen LogP contribution in [0.5, 0.6) is 5.75 Å². The van der Waals surface area contributed by atoms with Crippen LogP contribution >= 0.6 is 0 Å². The molecule has 2 aromatic carbocycles. The Balaban J connectivity index is 1.53. The van der Waals surface area contributed by atoms with Crippen molar-refractivity contribution < 1.29 is 18.9 Å². The Morgan fingerprint density at radius 2 is 1.85 bits per heavy atom. The van der Waals surface area contributed by atoms with E-state index in [2.05, 4.69) is 5.32 Å². The summed E-state index contributed by atoms with van der Waals surface area (Å²) >= 11 is 0. The molecule has 0 saturated heterocycles. The topological polar surface area (TPSA) is 112 Å². The van der Waals surface area contributed by atoms with E-state index in [0.29, 0.717) is 11.3 Å². The zero-order chi connectivity index (χ0) is 18.5. The van der Waals surface area contributed by atoms with Gasteiger partial charge in [0, 0.05) is 36.2 Å². The Morgan fingerprint density at radius 1 is 1.12 bits per heavy atom. The van der Waals surface area contributed by atoms with Gasteiger partial charge in [0.05, 0.1) is 4.92 Å². The first kappa shape index (κ1) is 17.2. The zero-order valence-corrected chi connectivity index (χ0v) is 13.5. The summed E-state index contributed by atoms with van der Waals surface area (Å²) < 4.78 is 10.4. The molecule has 0 aliphatic heterocycles. The molecule has 8 heteroatoms. The van der Waals surface area contributed by atoms with Crippen molar-refractivity contribution in [1.29, 1.82) is 0 Å². The Labute approximate surface area is 147 Å². The summed E-state index contributed by atoms with van der Waals surface area (Å²) in [5, 5.41) is 14.0. The number of carbonyl (C=O) groups excluding carboxylic acids is 1. The second-order valence-electron chi connectivity index (χ2n) is 5.44. The van der Waals surface area contributed by atoms with Crippen molar-refractivity contribution in [1.82, 2.24) is 5.32 Å². The minimum absolute atomic E-state index is 0.00800. The van der Waals surface area contributed by atoms with Crippen LogP contribution in [-0.4, -0.2) is 17.4 Å². The maximum atomic E-state index is 11.9. The first-order valence-corrected chi connectivity index (χ1v) is 7.68. The summed E-state index contributed by atoms with van der Waals surface area (Å²) in [5.74, 6) is 0.0512. The predicted octanol–water partition coefficient (Wildman–Crippen LogP) is 2.40. The SMILES string of the molecule is O=C(COc1ccc2ccc(=O)oc2c1)NCc1ccc([N+](=O)[O-])cc1. The molecule has 26 heavy (non-hydrogen) atoms. The minimum Gasteiger partial charge on any atom is -0.484 e. The number of benzene rings is 2. The summed E-state index contributed by atoms with van der Waals surface area (Å²) in [6.45, 7) is 0.0162. The fourth-order valence-electron chi connectivity index (χ4n) is 2.27. The third kappa shape index (κ3) is 4.23. The molecule has 1 aromatic heterocycles. The number of non-ortho nitro benzene ring substituents is 1. The fraction of sp³-hybridized carbons (Fsp3) is 0.111. The van der Waals surface area contributed by atoms with Crippen LogP contribution < -0.4 is 15.7 Å². The number of nitro benzene ring substituents is 1. The molecule has 0 bridgehead atoms. The molecule has 0 atom stereocenters. The molecule has 1 heterocycles. The molecule has 0 fully saturated rings. The lowest BCUT2D eigenvalue weighted by atomic mass is 10.2. The zero-order valence-electron chi connectivity index (χ0n) is 13.5. The Bertz CT molecular complexity index is 1010. The lowest BCUT2D eigenvalue weighted by Crippen LogP contribution is -2.28. The van der Waals surface area contributed by atoms with Gasteiger partial charge < -0.3 is 14.5 Å². The molecule has 0 aliphatic carbocycles. The lowest BCUT2D eigenvalue weighted by Gasteiger charge is -2.08. The number of ether oxygens (including phenoxy) is 1. The van der Waals surface area contributed by atoms with Crippen LogP contribution in [0.4, 0.5) is 5.69 Å². The summed E-state index contributed by atoms with van der Waals surface area (Å²) in [6, 6.07) is 13.8. The van der Waals surface area contributed by atoms with E-state index in [1.807, 2.05) is 0 Å². The van der Waals surface area contributed by atoms with Crippen LogP contribution in [0, 0.1) is 10.1 Å². The van der Waals surface area contributed by atoms with Gasteiger partial charge in [0.1, 0.15) is 11.3 Å². The van der Waals surface area contributed by atoms with E-state index in [4.69, 9.17) is 9.15 Å². The molecule has 0 saturated carbocycles. The quantitative estimate of drug-likeness (QED) is 0.413. The monoisotopic (exact) mass is 354 g/mol. The van der Waals surface area contributed by atoms with E-state index in [-0.39, 0.29) is 24.7 Å². The predicted molar refractivity (Wildman–Crippen MR) is 92.9 cm³/mol. The molecular formula is C18H14N2O6. The van der Waals surface area contributed by atoms with Gasteiger partial charge in [0.25, 0.3) is 11.6 Å². The molecule has 0 radical (unpaired) electrons. The second kappa shape index (κ2) is 7.47. The molecule has 3 aromatic rings. The first-order valence-electron chi connectivity index (χ1n) is 7.68. The van der Waals surface area contributed by atoms with E-state index >= 15 is 0 Å². The molecular weight excluding hydrogens is 340 g/mol. The number of hydrogen-bond donors (Lipinski definition) is 1. The summed E-state index contributed by atoms with van der Waals surface area (Å²) in [5.41, 5.74) is 0.638. The number of rotatable bonds is 6. The number of hydrogen-bond acceptors (Lipinski definition) is 6. The van der Waals surface area contributed by atoms with Crippen LogP contribution in [0.15, 0.2) is 63.8 Å². The standard InChI is InChI=1S/C18H14N2O6/c21-17(19-10-12-1-5-14(6-2-12)20(23)24)11-25-15-7-3-13-4-8-18(22)26-16(13)9-15/h1-9H,10-11H2,(H,19,21). The van der Waals surface area contributed by atoms with Crippen LogP contribution in [-0.2, 0) is 11.3 Å². The van der Waals surface area contributed by atoms with Gasteiger partial charge in [-0.05, 0) is 23.8 Å². The van der Waals surface area contributed by atoms with Gasteiger partial charge in [-0.25, -0.2) is 4.79 Å². The molecule has 0 spiro atoms. The molecule has 0 unspecified atom stereocenters. The number of nitro groups is 1. The molecule has 1 N–H and O–H groups in total. The average molecular weight is 354 g/mol. The number of nitrogens with zero attached hydrogens (tertiary/aromatic N) is 1. The minimum atomic E-state index is -0.484. The smallest absolute Gasteiger partial charge is 0.336 e. The Hall–Kier alpha value is -3.68. The van der Waals surface area contributed by atoms with Gasteiger partial charge in [-0.2, -0.15) is 0 Å². The number of carbonyl (C=O) groups is 1. The average Bonchev–Trinajstić information content (AvgIpc) is 2.64. The maximum absolute atomic E-state index is 11.9. The van der Waals surface area contributed by atoms with Gasteiger partial charge in [0.15, 0.2) is 6.61 Å². The van der Waals surface area contributed by atoms with Crippen molar-refractivity contribution in [2.24, 2.45) is 0 Å². The van der Waals surface area contributed by atoms with E-state index < -0.39 is 10.5 Å². The highest BCUT2D eigenvalue weighted by molar-refractivity contribution is 5.79. The molecule has 3 rings (SSSR count). The summed E-state index contributed by atoms with van der Waals surface area (Å²) in [6.07, 6.45) is 0. The summed E-state index contributed by atoms with van der Waals surface area (Å²) in [4.78, 5) is 33.2. The Kier molecular flexibility index (Phi) is 4.93. The molecule has 1 amide bonds. The lowest BCUT2D eigenvalue weighted by molar-refractivity contribution is -0.384. The van der Waals surface area contributed by atoms with Crippen molar-refractivity contribution in [2.75, 3.05) is 6.61 Å². The van der Waals surface area contributed by atoms with Crippen LogP contribution in [0.3, 0.4) is 0 Å². The van der Waals surface area contributed by atoms with Crippen LogP contribution in [0.2, 0.25) is 0 Å². The van der Waals surface area contributed by atoms with Gasteiger partial charge in [-0.15, -0.1) is 0 Å². The van der Waals surface area contributed by atoms with E-state index in [0.717, 1.165) is 10.9 Å². The number of amides is 1. The number of nitrogens with one attached hydrogen (secondary N) is 1. The highest BCUT2D eigenvalue weighted by Gasteiger charge is 2.07. The van der Waals surface area contributed by atoms with Gasteiger partial charge in [-0.3, -0.25) is 14.9 Å². The van der Waals surface area contributed by atoms with Gasteiger partial charge >= 0.3 is 5.63 Å². The van der Waals surface area contributed by atoms with Gasteiger partial charge in [0.2, 0.25) is 0 Å².